The number of rotatable bonds is 3. The molecule has 0 saturated heterocycles. The Hall–Kier alpha value is -1.55. The second kappa shape index (κ2) is 5.83. The first-order valence-electron chi connectivity index (χ1n) is 7.31. The highest BCUT2D eigenvalue weighted by atomic mass is 16.2. The van der Waals surface area contributed by atoms with Gasteiger partial charge in [-0.1, -0.05) is 19.3 Å². The second-order valence-electron chi connectivity index (χ2n) is 6.06. The predicted molar refractivity (Wildman–Crippen MR) is 84.1 cm³/mol. The van der Waals surface area contributed by atoms with E-state index in [1.54, 1.807) is 0 Å². The Bertz CT molecular complexity index is 490. The summed E-state index contributed by atoms with van der Waals surface area (Å²) in [4.78, 5) is 14.5. The Labute approximate surface area is 121 Å². The molecular formula is C16H25N3O. The van der Waals surface area contributed by atoms with Gasteiger partial charge in [0.2, 0.25) is 5.91 Å². The molecule has 1 amide bonds. The van der Waals surface area contributed by atoms with Gasteiger partial charge in [0, 0.05) is 25.5 Å². The zero-order chi connectivity index (χ0) is 14.8. The maximum absolute atomic E-state index is 12.4. The van der Waals surface area contributed by atoms with Gasteiger partial charge in [-0.05, 0) is 43.5 Å². The number of nitrogens with one attached hydrogen (secondary N) is 1. The smallest absolute Gasteiger partial charge is 0.244 e. The van der Waals surface area contributed by atoms with Crippen molar-refractivity contribution in [3.63, 3.8) is 0 Å². The van der Waals surface area contributed by atoms with E-state index in [2.05, 4.69) is 11.4 Å². The molecule has 0 atom stereocenters. The van der Waals surface area contributed by atoms with Gasteiger partial charge >= 0.3 is 0 Å². The molecule has 1 fully saturated rings. The van der Waals surface area contributed by atoms with E-state index in [0.29, 0.717) is 0 Å². The number of nitrogens with zero attached hydrogens (tertiary/aromatic N) is 1. The van der Waals surface area contributed by atoms with Crippen LogP contribution in [0.25, 0.3) is 0 Å². The SMILES string of the molecule is Cc1cc(N(C)C)ccc1NC(=O)C1(N)CCCCC1. The molecule has 20 heavy (non-hydrogen) atoms. The average Bonchev–Trinajstić information content (AvgIpc) is 2.41. The number of aryl methyl sites for hydroxylation is 1. The number of anilines is 2. The van der Waals surface area contributed by atoms with Crippen LogP contribution in [0.1, 0.15) is 37.7 Å². The van der Waals surface area contributed by atoms with Crippen molar-refractivity contribution < 1.29 is 4.79 Å². The van der Waals surface area contributed by atoms with Gasteiger partial charge in [-0.25, -0.2) is 0 Å². The first kappa shape index (κ1) is 14.9. The fraction of sp³-hybridized carbons (Fsp3) is 0.562. The average molecular weight is 275 g/mol. The minimum absolute atomic E-state index is 0.0436. The second-order valence-corrected chi connectivity index (χ2v) is 6.06. The molecule has 0 radical (unpaired) electrons. The fourth-order valence-corrected chi connectivity index (χ4v) is 2.72. The molecular weight excluding hydrogens is 250 g/mol. The van der Waals surface area contributed by atoms with Crippen molar-refractivity contribution in [3.8, 4) is 0 Å². The molecule has 1 aliphatic carbocycles. The first-order chi connectivity index (χ1) is 9.42. The molecule has 0 aromatic heterocycles. The van der Waals surface area contributed by atoms with E-state index in [0.717, 1.165) is 42.6 Å². The van der Waals surface area contributed by atoms with Gasteiger partial charge in [-0.15, -0.1) is 0 Å². The number of nitrogens with two attached hydrogens (primary N) is 1. The summed E-state index contributed by atoms with van der Waals surface area (Å²) in [6, 6.07) is 6.03. The van der Waals surface area contributed by atoms with Crippen molar-refractivity contribution >= 4 is 17.3 Å². The van der Waals surface area contributed by atoms with E-state index < -0.39 is 5.54 Å². The van der Waals surface area contributed by atoms with Crippen LogP contribution in [0.4, 0.5) is 11.4 Å². The van der Waals surface area contributed by atoms with Gasteiger partial charge in [-0.2, -0.15) is 0 Å². The van der Waals surface area contributed by atoms with Gasteiger partial charge in [-0.3, -0.25) is 4.79 Å². The van der Waals surface area contributed by atoms with Crippen molar-refractivity contribution in [1.82, 2.24) is 0 Å². The normalized spacial score (nSPS) is 17.6. The Morgan fingerprint density at radius 3 is 2.45 bits per heavy atom. The molecule has 0 unspecified atom stereocenters. The van der Waals surface area contributed by atoms with E-state index in [9.17, 15) is 4.79 Å². The molecule has 4 heteroatoms. The molecule has 4 nitrogen and oxygen atoms in total. The van der Waals surface area contributed by atoms with E-state index in [1.807, 2.05) is 38.1 Å². The van der Waals surface area contributed by atoms with Crippen molar-refractivity contribution in [2.24, 2.45) is 5.73 Å². The molecule has 0 aliphatic heterocycles. The van der Waals surface area contributed by atoms with Gasteiger partial charge in [0.15, 0.2) is 0 Å². The molecule has 3 N–H and O–H groups in total. The predicted octanol–water partition coefficient (Wildman–Crippen LogP) is 2.66. The zero-order valence-electron chi connectivity index (χ0n) is 12.7. The third-order valence-corrected chi connectivity index (χ3v) is 4.17. The maximum Gasteiger partial charge on any atom is 0.244 e. The standard InChI is InChI=1S/C16H25N3O/c1-12-11-13(19(2)3)7-8-14(12)18-15(20)16(17)9-5-4-6-10-16/h7-8,11H,4-6,9-10,17H2,1-3H3,(H,18,20). The molecule has 0 bridgehead atoms. The number of benzene rings is 1. The van der Waals surface area contributed by atoms with Crippen molar-refractivity contribution in [1.29, 1.82) is 0 Å². The summed E-state index contributed by atoms with van der Waals surface area (Å²) in [7, 11) is 4.01. The highest BCUT2D eigenvalue weighted by molar-refractivity contribution is 5.98. The Kier molecular flexibility index (Phi) is 4.33. The molecule has 2 rings (SSSR count). The maximum atomic E-state index is 12.4. The molecule has 110 valence electrons. The van der Waals surface area contributed by atoms with E-state index in [4.69, 9.17) is 5.73 Å². The summed E-state index contributed by atoms with van der Waals surface area (Å²) in [5.41, 5.74) is 8.61. The van der Waals surface area contributed by atoms with Crippen molar-refractivity contribution in [3.05, 3.63) is 23.8 Å². The molecule has 1 aliphatic rings. The lowest BCUT2D eigenvalue weighted by molar-refractivity contribution is -0.122. The third-order valence-electron chi connectivity index (χ3n) is 4.17. The van der Waals surface area contributed by atoms with Crippen LogP contribution < -0.4 is 16.0 Å². The molecule has 1 aromatic carbocycles. The summed E-state index contributed by atoms with van der Waals surface area (Å²) >= 11 is 0. The highest BCUT2D eigenvalue weighted by Gasteiger charge is 2.35. The van der Waals surface area contributed by atoms with Gasteiger partial charge < -0.3 is 16.0 Å². The number of hydrogen-bond acceptors (Lipinski definition) is 3. The minimum Gasteiger partial charge on any atom is -0.378 e. The van der Waals surface area contributed by atoms with Crippen LogP contribution in [0.3, 0.4) is 0 Å². The Morgan fingerprint density at radius 1 is 1.25 bits per heavy atom. The summed E-state index contributed by atoms with van der Waals surface area (Å²) < 4.78 is 0. The number of hydrogen-bond donors (Lipinski definition) is 2. The number of carbonyl (C=O) groups excluding carboxylic acids is 1. The first-order valence-corrected chi connectivity index (χ1v) is 7.31. The number of amides is 1. The zero-order valence-corrected chi connectivity index (χ0v) is 12.7. The monoisotopic (exact) mass is 275 g/mol. The van der Waals surface area contributed by atoms with Crippen LogP contribution >= 0.6 is 0 Å². The van der Waals surface area contributed by atoms with Crippen LogP contribution in [0.2, 0.25) is 0 Å². The van der Waals surface area contributed by atoms with Crippen LogP contribution in [-0.4, -0.2) is 25.5 Å². The summed E-state index contributed by atoms with van der Waals surface area (Å²) in [5, 5.41) is 3.00. The molecule has 0 spiro atoms. The van der Waals surface area contributed by atoms with Gasteiger partial charge in [0.05, 0.1) is 5.54 Å². The van der Waals surface area contributed by atoms with Crippen LogP contribution in [0.5, 0.6) is 0 Å². The largest absolute Gasteiger partial charge is 0.378 e. The van der Waals surface area contributed by atoms with Crippen LogP contribution in [-0.2, 0) is 4.79 Å². The van der Waals surface area contributed by atoms with Crippen LogP contribution in [0, 0.1) is 6.92 Å². The molecule has 1 saturated carbocycles. The number of carbonyl (C=O) groups is 1. The van der Waals surface area contributed by atoms with E-state index in [-0.39, 0.29) is 5.91 Å². The topological polar surface area (TPSA) is 58.4 Å². The van der Waals surface area contributed by atoms with Crippen molar-refractivity contribution in [2.75, 3.05) is 24.3 Å². The van der Waals surface area contributed by atoms with Gasteiger partial charge in [0.25, 0.3) is 0 Å². The third kappa shape index (κ3) is 3.12. The fourth-order valence-electron chi connectivity index (χ4n) is 2.72. The Balaban J connectivity index is 2.11. The molecule has 0 heterocycles. The lowest BCUT2D eigenvalue weighted by atomic mass is 9.82. The quantitative estimate of drug-likeness (QED) is 0.891. The van der Waals surface area contributed by atoms with Gasteiger partial charge in [0.1, 0.15) is 0 Å². The van der Waals surface area contributed by atoms with E-state index >= 15 is 0 Å². The summed E-state index contributed by atoms with van der Waals surface area (Å²) in [5.74, 6) is -0.0436. The Morgan fingerprint density at radius 2 is 1.90 bits per heavy atom. The highest BCUT2D eigenvalue weighted by Crippen LogP contribution is 2.28. The van der Waals surface area contributed by atoms with Crippen molar-refractivity contribution in [2.45, 2.75) is 44.6 Å². The van der Waals surface area contributed by atoms with Crippen LogP contribution in [0.15, 0.2) is 18.2 Å². The lowest BCUT2D eigenvalue weighted by Crippen LogP contribution is -2.52. The summed E-state index contributed by atoms with van der Waals surface area (Å²) in [6.45, 7) is 2.01. The minimum atomic E-state index is -0.690. The molecule has 1 aromatic rings. The lowest BCUT2D eigenvalue weighted by Gasteiger charge is -2.32. The van der Waals surface area contributed by atoms with E-state index in [1.165, 1.54) is 6.42 Å². The summed E-state index contributed by atoms with van der Waals surface area (Å²) in [6.07, 6.45) is 4.84.